The molecule has 0 amide bonds. The minimum atomic E-state index is -0.264. The lowest BCUT2D eigenvalue weighted by molar-refractivity contribution is 0.0526. The summed E-state index contributed by atoms with van der Waals surface area (Å²) < 4.78 is 4.97. The van der Waals surface area contributed by atoms with Gasteiger partial charge in [-0.25, -0.2) is 4.79 Å². The van der Waals surface area contributed by atoms with Gasteiger partial charge in [0.05, 0.1) is 12.2 Å². The average molecular weight is 311 g/mol. The second kappa shape index (κ2) is 9.67. The molecular weight excluding hydrogens is 286 g/mol. The monoisotopic (exact) mass is 311 g/mol. The van der Waals surface area contributed by atoms with E-state index in [0.717, 1.165) is 25.1 Å². The van der Waals surface area contributed by atoms with Gasteiger partial charge in [0.2, 0.25) is 0 Å². The number of aryl methyl sites for hydroxylation is 1. The molecule has 0 radical (unpaired) electrons. The van der Waals surface area contributed by atoms with Gasteiger partial charge in [-0.3, -0.25) is 0 Å². The van der Waals surface area contributed by atoms with Gasteiger partial charge >= 0.3 is 5.97 Å². The summed E-state index contributed by atoms with van der Waals surface area (Å²) in [4.78, 5) is 11.6. The van der Waals surface area contributed by atoms with Crippen molar-refractivity contribution in [2.75, 3.05) is 18.5 Å². The summed E-state index contributed by atoms with van der Waals surface area (Å²) in [5.41, 5.74) is 3.05. The smallest absolute Gasteiger partial charge is 0.338 e. The SMILES string of the molecule is CCOC(=O)c1ccc(NCCCCCc2ccccc2)cc1. The number of anilines is 1. The highest BCUT2D eigenvalue weighted by Crippen LogP contribution is 2.11. The molecular formula is C20H25NO2. The molecule has 0 bridgehead atoms. The Kier molecular flexibility index (Phi) is 7.18. The highest BCUT2D eigenvalue weighted by molar-refractivity contribution is 5.89. The van der Waals surface area contributed by atoms with E-state index in [9.17, 15) is 4.79 Å². The molecule has 0 saturated heterocycles. The predicted molar refractivity (Wildman–Crippen MR) is 94.9 cm³/mol. The molecule has 2 rings (SSSR count). The highest BCUT2D eigenvalue weighted by atomic mass is 16.5. The Balaban J connectivity index is 1.61. The number of unbranched alkanes of at least 4 members (excludes halogenated alkanes) is 2. The molecule has 0 unspecified atom stereocenters. The van der Waals surface area contributed by atoms with Gasteiger partial charge in [-0.15, -0.1) is 0 Å². The van der Waals surface area contributed by atoms with Crippen LogP contribution in [0.1, 0.15) is 42.1 Å². The van der Waals surface area contributed by atoms with Crippen LogP contribution in [0.15, 0.2) is 54.6 Å². The number of carbonyl (C=O) groups is 1. The average Bonchev–Trinajstić information content (AvgIpc) is 2.59. The van der Waals surface area contributed by atoms with Gasteiger partial charge in [-0.1, -0.05) is 36.8 Å². The van der Waals surface area contributed by atoms with E-state index in [1.165, 1.54) is 18.4 Å². The summed E-state index contributed by atoms with van der Waals surface area (Å²) in [7, 11) is 0. The second-order valence-corrected chi connectivity index (χ2v) is 5.52. The number of esters is 1. The molecule has 3 nitrogen and oxygen atoms in total. The Labute approximate surface area is 138 Å². The van der Waals surface area contributed by atoms with Gasteiger partial charge in [-0.05, 0) is 56.0 Å². The number of hydrogen-bond acceptors (Lipinski definition) is 3. The topological polar surface area (TPSA) is 38.3 Å². The predicted octanol–water partition coefficient (Wildman–Crippen LogP) is 4.69. The van der Waals surface area contributed by atoms with Crippen LogP contribution in [0.25, 0.3) is 0 Å². The molecule has 0 saturated carbocycles. The first-order chi connectivity index (χ1) is 11.3. The molecule has 2 aromatic rings. The molecule has 2 aromatic carbocycles. The number of ether oxygens (including phenoxy) is 1. The van der Waals surface area contributed by atoms with Crippen molar-refractivity contribution in [3.63, 3.8) is 0 Å². The van der Waals surface area contributed by atoms with Crippen molar-refractivity contribution in [3.8, 4) is 0 Å². The largest absolute Gasteiger partial charge is 0.462 e. The van der Waals surface area contributed by atoms with Crippen LogP contribution in [0.4, 0.5) is 5.69 Å². The van der Waals surface area contributed by atoms with Crippen molar-refractivity contribution < 1.29 is 9.53 Å². The summed E-state index contributed by atoms with van der Waals surface area (Å²) >= 11 is 0. The van der Waals surface area contributed by atoms with E-state index in [2.05, 4.69) is 35.6 Å². The third-order valence-corrected chi connectivity index (χ3v) is 3.71. The fourth-order valence-corrected chi connectivity index (χ4v) is 2.45. The fraction of sp³-hybridized carbons (Fsp3) is 0.350. The molecule has 0 aromatic heterocycles. The van der Waals surface area contributed by atoms with Gasteiger partial charge in [0.25, 0.3) is 0 Å². The molecule has 0 aliphatic rings. The van der Waals surface area contributed by atoms with Crippen molar-refractivity contribution in [2.24, 2.45) is 0 Å². The van der Waals surface area contributed by atoms with Crippen LogP contribution in [-0.4, -0.2) is 19.1 Å². The Bertz CT molecular complexity index is 578. The van der Waals surface area contributed by atoms with Gasteiger partial charge in [0.1, 0.15) is 0 Å². The number of carbonyl (C=O) groups excluding carboxylic acids is 1. The molecule has 0 heterocycles. The van der Waals surface area contributed by atoms with Crippen molar-refractivity contribution in [1.29, 1.82) is 0 Å². The third-order valence-electron chi connectivity index (χ3n) is 3.71. The lowest BCUT2D eigenvalue weighted by Crippen LogP contribution is -2.05. The summed E-state index contributed by atoms with van der Waals surface area (Å²) in [6.45, 7) is 3.17. The van der Waals surface area contributed by atoms with Crippen LogP contribution in [0.5, 0.6) is 0 Å². The minimum Gasteiger partial charge on any atom is -0.462 e. The molecule has 23 heavy (non-hydrogen) atoms. The molecule has 1 N–H and O–H groups in total. The Hall–Kier alpha value is -2.29. The fourth-order valence-electron chi connectivity index (χ4n) is 2.45. The Morgan fingerprint density at radius 2 is 1.70 bits per heavy atom. The molecule has 0 spiro atoms. The third kappa shape index (κ3) is 6.15. The summed E-state index contributed by atoms with van der Waals surface area (Å²) in [5, 5.41) is 3.39. The quantitative estimate of drug-likeness (QED) is 0.539. The zero-order valence-electron chi connectivity index (χ0n) is 13.8. The zero-order valence-corrected chi connectivity index (χ0v) is 13.8. The van der Waals surface area contributed by atoms with Crippen LogP contribution < -0.4 is 5.32 Å². The molecule has 0 aliphatic carbocycles. The molecule has 3 heteroatoms. The van der Waals surface area contributed by atoms with E-state index < -0.39 is 0 Å². The van der Waals surface area contributed by atoms with Crippen molar-refractivity contribution in [3.05, 3.63) is 65.7 Å². The molecule has 0 atom stereocenters. The maximum absolute atomic E-state index is 11.6. The van der Waals surface area contributed by atoms with Gasteiger partial charge < -0.3 is 10.1 Å². The second-order valence-electron chi connectivity index (χ2n) is 5.52. The van der Waals surface area contributed by atoms with Crippen molar-refractivity contribution in [1.82, 2.24) is 0 Å². The van der Waals surface area contributed by atoms with Crippen LogP contribution in [-0.2, 0) is 11.2 Å². The number of rotatable bonds is 9. The molecule has 0 aliphatic heterocycles. The summed E-state index contributed by atoms with van der Waals surface area (Å²) in [6.07, 6.45) is 4.72. The van der Waals surface area contributed by atoms with Gasteiger partial charge in [0.15, 0.2) is 0 Å². The number of hydrogen-bond donors (Lipinski definition) is 1. The summed E-state index contributed by atoms with van der Waals surface area (Å²) in [6, 6.07) is 18.1. The van der Waals surface area contributed by atoms with E-state index in [4.69, 9.17) is 4.74 Å². The van der Waals surface area contributed by atoms with Crippen LogP contribution in [0, 0.1) is 0 Å². The maximum atomic E-state index is 11.6. The van der Waals surface area contributed by atoms with Crippen LogP contribution in [0.2, 0.25) is 0 Å². The van der Waals surface area contributed by atoms with Crippen LogP contribution >= 0.6 is 0 Å². The van der Waals surface area contributed by atoms with Gasteiger partial charge in [-0.2, -0.15) is 0 Å². The number of nitrogens with one attached hydrogen (secondary N) is 1. The standard InChI is InChI=1S/C20H25NO2/c1-2-23-20(22)18-12-14-19(15-13-18)21-16-8-4-7-11-17-9-5-3-6-10-17/h3,5-6,9-10,12-15,21H,2,4,7-8,11,16H2,1H3. The number of benzene rings is 2. The summed E-state index contributed by atoms with van der Waals surface area (Å²) in [5.74, 6) is -0.264. The zero-order chi connectivity index (χ0) is 16.3. The van der Waals surface area contributed by atoms with Crippen molar-refractivity contribution in [2.45, 2.75) is 32.6 Å². The normalized spacial score (nSPS) is 10.3. The lowest BCUT2D eigenvalue weighted by Gasteiger charge is -2.07. The molecule has 122 valence electrons. The highest BCUT2D eigenvalue weighted by Gasteiger charge is 2.05. The first-order valence-corrected chi connectivity index (χ1v) is 8.34. The molecule has 0 fully saturated rings. The minimum absolute atomic E-state index is 0.264. The van der Waals surface area contributed by atoms with Crippen molar-refractivity contribution >= 4 is 11.7 Å². The Morgan fingerprint density at radius 3 is 2.39 bits per heavy atom. The van der Waals surface area contributed by atoms with E-state index in [1.807, 2.05) is 19.1 Å². The van der Waals surface area contributed by atoms with E-state index >= 15 is 0 Å². The first kappa shape index (κ1) is 17.1. The van der Waals surface area contributed by atoms with Gasteiger partial charge in [0, 0.05) is 12.2 Å². The Morgan fingerprint density at radius 1 is 0.957 bits per heavy atom. The van der Waals surface area contributed by atoms with Crippen LogP contribution in [0.3, 0.4) is 0 Å². The van der Waals surface area contributed by atoms with E-state index in [0.29, 0.717) is 12.2 Å². The maximum Gasteiger partial charge on any atom is 0.338 e. The van der Waals surface area contributed by atoms with E-state index in [1.54, 1.807) is 12.1 Å². The first-order valence-electron chi connectivity index (χ1n) is 8.34. The van der Waals surface area contributed by atoms with E-state index in [-0.39, 0.29) is 5.97 Å². The lowest BCUT2D eigenvalue weighted by atomic mass is 10.1.